The van der Waals surface area contributed by atoms with Crippen LogP contribution < -0.4 is 0 Å². The highest BCUT2D eigenvalue weighted by Crippen LogP contribution is 2.42. The zero-order valence-corrected chi connectivity index (χ0v) is 12.3. The fraction of sp³-hybridized carbons (Fsp3) is 0.533. The second-order valence-electron chi connectivity index (χ2n) is 5.29. The molecular formula is C15H23NO4. The number of hydrogen-bond acceptors (Lipinski definition) is 4. The van der Waals surface area contributed by atoms with Crippen molar-refractivity contribution >= 4 is 5.97 Å². The van der Waals surface area contributed by atoms with Crippen molar-refractivity contribution in [3.8, 4) is 5.75 Å². The summed E-state index contributed by atoms with van der Waals surface area (Å²) in [5.74, 6) is -0.539. The van der Waals surface area contributed by atoms with Gasteiger partial charge in [-0.2, -0.15) is 0 Å². The van der Waals surface area contributed by atoms with Gasteiger partial charge in [0.1, 0.15) is 5.75 Å². The summed E-state index contributed by atoms with van der Waals surface area (Å²) in [6.07, 6.45) is 2.15. The van der Waals surface area contributed by atoms with Crippen LogP contribution in [0.4, 0.5) is 0 Å². The van der Waals surface area contributed by atoms with Gasteiger partial charge in [0.05, 0.1) is 6.61 Å². The Bertz CT molecular complexity index is 471. The van der Waals surface area contributed by atoms with E-state index in [4.69, 9.17) is 9.90 Å². The highest BCUT2D eigenvalue weighted by atomic mass is 16.4. The number of benzene rings is 1. The average molecular weight is 281 g/mol. The first-order valence-electron chi connectivity index (χ1n) is 6.66. The SMILES string of the molecule is CC(=O)O.CN1CCCC1(C)c1c(O)cccc1CO. The van der Waals surface area contributed by atoms with Gasteiger partial charge in [-0.25, -0.2) is 0 Å². The highest BCUT2D eigenvalue weighted by Gasteiger charge is 2.38. The van der Waals surface area contributed by atoms with E-state index in [0.29, 0.717) is 5.75 Å². The first kappa shape index (κ1) is 16.5. The molecule has 1 unspecified atom stereocenters. The first-order valence-corrected chi connectivity index (χ1v) is 6.66. The van der Waals surface area contributed by atoms with Crippen molar-refractivity contribution < 1.29 is 20.1 Å². The molecule has 1 atom stereocenters. The molecule has 1 aromatic rings. The average Bonchev–Trinajstić information content (AvgIpc) is 2.69. The van der Waals surface area contributed by atoms with Gasteiger partial charge < -0.3 is 15.3 Å². The predicted octanol–water partition coefficient (Wildman–Crippen LogP) is 1.92. The summed E-state index contributed by atoms with van der Waals surface area (Å²) < 4.78 is 0. The number of rotatable bonds is 2. The van der Waals surface area contributed by atoms with Crippen LogP contribution in [0.2, 0.25) is 0 Å². The van der Waals surface area contributed by atoms with Gasteiger partial charge in [0, 0.05) is 18.0 Å². The van der Waals surface area contributed by atoms with Gasteiger partial charge in [-0.15, -0.1) is 0 Å². The van der Waals surface area contributed by atoms with Gasteiger partial charge in [0.15, 0.2) is 0 Å². The Morgan fingerprint density at radius 2 is 2.05 bits per heavy atom. The summed E-state index contributed by atoms with van der Waals surface area (Å²) in [5, 5.41) is 26.8. The molecule has 1 aliphatic heterocycles. The minimum Gasteiger partial charge on any atom is -0.508 e. The van der Waals surface area contributed by atoms with Gasteiger partial charge in [0.25, 0.3) is 5.97 Å². The van der Waals surface area contributed by atoms with Gasteiger partial charge in [-0.3, -0.25) is 9.69 Å². The molecule has 1 aliphatic rings. The molecule has 0 bridgehead atoms. The van der Waals surface area contributed by atoms with Crippen molar-refractivity contribution in [2.24, 2.45) is 0 Å². The Morgan fingerprint density at radius 3 is 2.50 bits per heavy atom. The smallest absolute Gasteiger partial charge is 0.300 e. The second-order valence-corrected chi connectivity index (χ2v) is 5.29. The molecule has 1 heterocycles. The van der Waals surface area contributed by atoms with Crippen molar-refractivity contribution in [1.29, 1.82) is 0 Å². The van der Waals surface area contributed by atoms with E-state index in [-0.39, 0.29) is 12.1 Å². The Kier molecular flexibility index (Phi) is 5.53. The molecule has 20 heavy (non-hydrogen) atoms. The summed E-state index contributed by atoms with van der Waals surface area (Å²) in [5.41, 5.74) is 1.57. The maximum absolute atomic E-state index is 10.0. The van der Waals surface area contributed by atoms with Crippen LogP contribution in [-0.2, 0) is 16.9 Å². The molecule has 3 N–H and O–H groups in total. The third-order valence-corrected chi connectivity index (χ3v) is 3.84. The number of carbonyl (C=O) groups is 1. The predicted molar refractivity (Wildman–Crippen MR) is 76.6 cm³/mol. The van der Waals surface area contributed by atoms with Crippen molar-refractivity contribution in [1.82, 2.24) is 4.90 Å². The minimum atomic E-state index is -0.833. The Balaban J connectivity index is 0.000000444. The van der Waals surface area contributed by atoms with Gasteiger partial charge in [-0.05, 0) is 45.0 Å². The van der Waals surface area contributed by atoms with Crippen LogP contribution in [0.5, 0.6) is 5.75 Å². The lowest BCUT2D eigenvalue weighted by atomic mass is 9.85. The van der Waals surface area contributed by atoms with Crippen molar-refractivity contribution in [2.45, 2.75) is 38.8 Å². The Morgan fingerprint density at radius 1 is 1.45 bits per heavy atom. The standard InChI is InChI=1S/C13H19NO2.C2H4O2/c1-13(7-4-8-14(13)2)12-10(9-15)5-3-6-11(12)16;1-2(3)4/h3,5-6,15-16H,4,7-9H2,1-2H3;1H3,(H,3,4). The molecule has 0 radical (unpaired) electrons. The number of phenols is 1. The lowest BCUT2D eigenvalue weighted by Gasteiger charge is -2.34. The van der Waals surface area contributed by atoms with Crippen LogP contribution >= 0.6 is 0 Å². The third kappa shape index (κ3) is 3.49. The van der Waals surface area contributed by atoms with E-state index < -0.39 is 5.97 Å². The number of phenolic OH excluding ortho intramolecular Hbond substituents is 1. The minimum absolute atomic E-state index is 0.0207. The van der Waals surface area contributed by atoms with Crippen molar-refractivity contribution in [3.05, 3.63) is 29.3 Å². The van der Waals surface area contributed by atoms with Gasteiger partial charge >= 0.3 is 0 Å². The van der Waals surface area contributed by atoms with E-state index in [1.54, 1.807) is 12.1 Å². The van der Waals surface area contributed by atoms with E-state index in [1.165, 1.54) is 0 Å². The molecule has 5 nitrogen and oxygen atoms in total. The number of carboxylic acids is 1. The first-order chi connectivity index (χ1) is 9.32. The Hall–Kier alpha value is -1.59. The highest BCUT2D eigenvalue weighted by molar-refractivity contribution is 5.62. The molecule has 1 fully saturated rings. The van der Waals surface area contributed by atoms with Crippen LogP contribution in [0.3, 0.4) is 0 Å². The summed E-state index contributed by atoms with van der Waals surface area (Å²) in [6.45, 7) is 4.23. The number of aromatic hydroxyl groups is 1. The fourth-order valence-electron chi connectivity index (χ4n) is 2.75. The zero-order valence-electron chi connectivity index (χ0n) is 12.3. The van der Waals surface area contributed by atoms with E-state index in [1.807, 2.05) is 6.07 Å². The number of aliphatic hydroxyl groups is 1. The normalized spacial score (nSPS) is 22.2. The molecule has 1 saturated heterocycles. The van der Waals surface area contributed by atoms with E-state index in [2.05, 4.69) is 18.9 Å². The van der Waals surface area contributed by atoms with Crippen molar-refractivity contribution in [3.63, 3.8) is 0 Å². The quantitative estimate of drug-likeness (QED) is 0.771. The molecule has 0 spiro atoms. The van der Waals surface area contributed by atoms with Gasteiger partial charge in [0.2, 0.25) is 0 Å². The number of likely N-dealkylation sites (tertiary alicyclic amines) is 1. The lowest BCUT2D eigenvalue weighted by Crippen LogP contribution is -2.36. The molecule has 112 valence electrons. The zero-order chi connectivity index (χ0) is 15.3. The fourth-order valence-corrected chi connectivity index (χ4v) is 2.75. The molecule has 1 aromatic carbocycles. The molecule has 5 heteroatoms. The number of nitrogens with zero attached hydrogens (tertiary/aromatic N) is 1. The van der Waals surface area contributed by atoms with Crippen molar-refractivity contribution in [2.75, 3.05) is 13.6 Å². The molecule has 0 amide bonds. The lowest BCUT2D eigenvalue weighted by molar-refractivity contribution is -0.134. The van der Waals surface area contributed by atoms with Gasteiger partial charge in [-0.1, -0.05) is 12.1 Å². The molecule has 0 aromatic heterocycles. The van der Waals surface area contributed by atoms with E-state index >= 15 is 0 Å². The maximum atomic E-state index is 10.0. The van der Waals surface area contributed by atoms with Crippen LogP contribution in [-0.4, -0.2) is 39.8 Å². The van der Waals surface area contributed by atoms with E-state index in [9.17, 15) is 10.2 Å². The molecule has 2 rings (SSSR count). The summed E-state index contributed by atoms with van der Waals surface area (Å²) >= 11 is 0. The summed E-state index contributed by atoms with van der Waals surface area (Å²) in [7, 11) is 2.07. The Labute approximate surface area is 119 Å². The number of carboxylic acid groups (broad SMARTS) is 1. The van der Waals surface area contributed by atoms with Crippen LogP contribution in [0, 0.1) is 0 Å². The van der Waals surface area contributed by atoms with Crippen LogP contribution in [0.15, 0.2) is 18.2 Å². The summed E-state index contributed by atoms with van der Waals surface area (Å²) in [6, 6.07) is 5.36. The monoisotopic (exact) mass is 281 g/mol. The maximum Gasteiger partial charge on any atom is 0.300 e. The molecule has 0 saturated carbocycles. The summed E-state index contributed by atoms with van der Waals surface area (Å²) in [4.78, 5) is 11.3. The number of aliphatic hydroxyl groups excluding tert-OH is 1. The van der Waals surface area contributed by atoms with Crippen LogP contribution in [0.25, 0.3) is 0 Å². The van der Waals surface area contributed by atoms with E-state index in [0.717, 1.165) is 37.4 Å². The topological polar surface area (TPSA) is 81.0 Å². The number of hydrogen-bond donors (Lipinski definition) is 3. The number of aliphatic carboxylic acids is 1. The van der Waals surface area contributed by atoms with Crippen LogP contribution in [0.1, 0.15) is 37.8 Å². The molecule has 0 aliphatic carbocycles. The second kappa shape index (κ2) is 6.72. The molecular weight excluding hydrogens is 258 g/mol. The largest absolute Gasteiger partial charge is 0.508 e. The third-order valence-electron chi connectivity index (χ3n) is 3.84.